The Morgan fingerprint density at radius 3 is 2.05 bits per heavy atom. The fourth-order valence-corrected chi connectivity index (χ4v) is 1.87. The molecule has 120 valence electrons. The molecule has 0 fully saturated rings. The molecule has 3 nitrogen and oxygen atoms in total. The van der Waals surface area contributed by atoms with Crippen LogP contribution in [0, 0.1) is 0 Å². The van der Waals surface area contributed by atoms with Gasteiger partial charge < -0.3 is 15.0 Å². The molecule has 0 aliphatic carbocycles. The van der Waals surface area contributed by atoms with E-state index >= 15 is 0 Å². The summed E-state index contributed by atoms with van der Waals surface area (Å²) in [7, 11) is 0. The molecule has 0 radical (unpaired) electrons. The second-order valence-electron chi connectivity index (χ2n) is 5.21. The van der Waals surface area contributed by atoms with Crippen molar-refractivity contribution in [3.63, 3.8) is 0 Å². The molecule has 0 aromatic rings. The van der Waals surface area contributed by atoms with Gasteiger partial charge in [-0.15, -0.1) is 0 Å². The molecule has 1 N–H and O–H groups in total. The number of carboxylic acid groups (broad SMARTS) is 1. The number of carboxylic acids is 1. The van der Waals surface area contributed by atoms with Crippen LogP contribution in [0.3, 0.4) is 0 Å². The minimum absolute atomic E-state index is 0. The summed E-state index contributed by atoms with van der Waals surface area (Å²) in [4.78, 5) is 10.3. The number of aliphatic hydroxyl groups is 1. The molecule has 0 heterocycles. The van der Waals surface area contributed by atoms with Crippen molar-refractivity contribution in [2.75, 3.05) is 0 Å². The second kappa shape index (κ2) is 19.3. The maximum Gasteiger partial charge on any atom is 1.00 e. The van der Waals surface area contributed by atoms with Crippen LogP contribution in [0.15, 0.2) is 36.5 Å². The van der Waals surface area contributed by atoms with Crippen molar-refractivity contribution in [1.29, 1.82) is 0 Å². The normalized spacial score (nSPS) is 13.0. The van der Waals surface area contributed by atoms with E-state index in [9.17, 15) is 9.90 Å². The molecule has 0 saturated heterocycles. The number of allylic oxidation sites excluding steroid dienone is 6. The molecule has 0 rings (SSSR count). The van der Waals surface area contributed by atoms with E-state index in [1.54, 1.807) is 0 Å². The van der Waals surface area contributed by atoms with Crippen LogP contribution >= 0.6 is 0 Å². The van der Waals surface area contributed by atoms with E-state index in [4.69, 9.17) is 5.11 Å². The van der Waals surface area contributed by atoms with E-state index in [-0.39, 0.29) is 51.4 Å². The van der Waals surface area contributed by atoms with Crippen LogP contribution in [0.1, 0.15) is 64.7 Å². The molecule has 0 spiro atoms. The second-order valence-corrected chi connectivity index (χ2v) is 5.21. The Bertz CT molecular complexity index is 335. The first-order chi connectivity index (χ1) is 10.2. The smallest absolute Gasteiger partial charge is 0.547 e. The van der Waals surface area contributed by atoms with Crippen molar-refractivity contribution in [2.24, 2.45) is 0 Å². The molecular weight excluding hydrogens is 303 g/mol. The topological polar surface area (TPSA) is 60.4 Å². The maximum absolute atomic E-state index is 10.3. The number of unbranched alkanes of at least 4 members (excludes halogenated alkanes) is 6. The maximum atomic E-state index is 10.3. The predicted molar refractivity (Wildman–Crippen MR) is 85.7 cm³/mol. The molecule has 0 saturated carbocycles. The Labute approximate surface area is 178 Å². The third-order valence-electron chi connectivity index (χ3n) is 3.20. The van der Waals surface area contributed by atoms with Gasteiger partial charge in [0.15, 0.2) is 0 Å². The molecular formula is C18H29KO3. The number of aliphatic carboxylic acids is 1. The summed E-state index contributed by atoms with van der Waals surface area (Å²) in [5.41, 5.74) is 0. The Balaban J connectivity index is 0. The number of aliphatic hydroxyl groups excluding tert-OH is 1. The first-order valence-electron chi connectivity index (χ1n) is 8.05. The van der Waals surface area contributed by atoms with Crippen molar-refractivity contribution >= 4 is 5.97 Å². The summed E-state index contributed by atoms with van der Waals surface area (Å²) in [6.07, 6.45) is 20.1. The van der Waals surface area contributed by atoms with Gasteiger partial charge in [-0.2, -0.15) is 0 Å². The molecule has 22 heavy (non-hydrogen) atoms. The van der Waals surface area contributed by atoms with Crippen LogP contribution in [-0.2, 0) is 4.79 Å². The minimum Gasteiger partial charge on any atom is -0.547 e. The predicted octanol–water partition coefficient (Wildman–Crippen LogP) is 0.301. The van der Waals surface area contributed by atoms with Crippen molar-refractivity contribution in [3.8, 4) is 0 Å². The van der Waals surface area contributed by atoms with Gasteiger partial charge in [0.05, 0.1) is 12.1 Å². The van der Waals surface area contributed by atoms with E-state index in [0.717, 1.165) is 38.5 Å². The van der Waals surface area contributed by atoms with E-state index in [1.807, 2.05) is 12.2 Å². The number of carbonyl (C=O) groups excluding carboxylic acids is 1. The zero-order chi connectivity index (χ0) is 15.8. The molecule has 0 aliphatic heterocycles. The van der Waals surface area contributed by atoms with E-state index in [2.05, 4.69) is 31.2 Å². The van der Waals surface area contributed by atoms with Gasteiger partial charge in [-0.25, -0.2) is 0 Å². The zero-order valence-electron chi connectivity index (χ0n) is 14.2. The van der Waals surface area contributed by atoms with Crippen LogP contribution < -0.4 is 56.5 Å². The van der Waals surface area contributed by atoms with Gasteiger partial charge in [0.25, 0.3) is 0 Å². The Kier molecular flexibility index (Phi) is 21.6. The molecule has 0 bridgehead atoms. The summed E-state index contributed by atoms with van der Waals surface area (Å²) in [6.45, 7) is 2.19. The summed E-state index contributed by atoms with van der Waals surface area (Å²) in [5, 5.41) is 19.3. The third-order valence-corrected chi connectivity index (χ3v) is 3.20. The van der Waals surface area contributed by atoms with E-state index < -0.39 is 12.1 Å². The summed E-state index contributed by atoms with van der Waals surface area (Å²) in [6, 6.07) is 0. The van der Waals surface area contributed by atoms with Crippen LogP contribution in [0.5, 0.6) is 0 Å². The SMILES string of the molecule is CCCC/C=C/C=C/C=C/CCCCCCC(O)C(=O)[O-].[K+]. The Morgan fingerprint density at radius 1 is 0.955 bits per heavy atom. The quantitative estimate of drug-likeness (QED) is 0.300. The van der Waals surface area contributed by atoms with Crippen LogP contribution in [0.2, 0.25) is 0 Å². The summed E-state index contributed by atoms with van der Waals surface area (Å²) < 4.78 is 0. The first kappa shape index (κ1) is 24.5. The summed E-state index contributed by atoms with van der Waals surface area (Å²) in [5.74, 6) is -1.37. The Morgan fingerprint density at radius 2 is 1.50 bits per heavy atom. The Hall–Kier alpha value is 0.286. The van der Waals surface area contributed by atoms with Gasteiger partial charge in [-0.3, -0.25) is 0 Å². The summed E-state index contributed by atoms with van der Waals surface area (Å²) >= 11 is 0. The molecule has 1 atom stereocenters. The van der Waals surface area contributed by atoms with E-state index in [1.165, 1.54) is 12.8 Å². The van der Waals surface area contributed by atoms with Gasteiger partial charge in [-0.1, -0.05) is 75.5 Å². The fraction of sp³-hybridized carbons (Fsp3) is 0.611. The van der Waals surface area contributed by atoms with Crippen LogP contribution in [0.4, 0.5) is 0 Å². The number of carbonyl (C=O) groups is 1. The molecule has 1 unspecified atom stereocenters. The van der Waals surface area contributed by atoms with Crippen LogP contribution in [-0.4, -0.2) is 17.2 Å². The molecule has 4 heteroatoms. The van der Waals surface area contributed by atoms with Gasteiger partial charge in [0.1, 0.15) is 0 Å². The minimum atomic E-state index is -1.37. The van der Waals surface area contributed by atoms with Gasteiger partial charge >= 0.3 is 51.4 Å². The number of hydrogen-bond acceptors (Lipinski definition) is 3. The molecule has 0 aliphatic rings. The molecule has 0 amide bonds. The van der Waals surface area contributed by atoms with Crippen molar-refractivity contribution < 1.29 is 66.4 Å². The van der Waals surface area contributed by atoms with E-state index in [0.29, 0.717) is 6.42 Å². The average Bonchev–Trinajstić information content (AvgIpc) is 2.47. The van der Waals surface area contributed by atoms with Crippen molar-refractivity contribution in [1.82, 2.24) is 0 Å². The van der Waals surface area contributed by atoms with Gasteiger partial charge in [0, 0.05) is 0 Å². The molecule has 0 aromatic carbocycles. The van der Waals surface area contributed by atoms with Crippen molar-refractivity contribution in [3.05, 3.63) is 36.5 Å². The number of rotatable bonds is 13. The third kappa shape index (κ3) is 18.3. The van der Waals surface area contributed by atoms with Crippen molar-refractivity contribution in [2.45, 2.75) is 70.8 Å². The largest absolute Gasteiger partial charge is 1.00 e. The zero-order valence-corrected chi connectivity index (χ0v) is 17.3. The monoisotopic (exact) mass is 332 g/mol. The first-order valence-corrected chi connectivity index (χ1v) is 8.05. The van der Waals surface area contributed by atoms with Gasteiger partial charge in [0.2, 0.25) is 0 Å². The van der Waals surface area contributed by atoms with Crippen LogP contribution in [0.25, 0.3) is 0 Å². The average molecular weight is 333 g/mol. The standard InChI is InChI=1S/C18H30O3.K/c1-2-3-4-5-6-7-8-9-10-11-12-13-14-15-16-17(19)18(20)21;/h5-10,17,19H,2-4,11-16H2,1H3,(H,20,21);/q;+1/p-1/b6-5+,8-7+,10-9+;. The number of hydrogen-bond donors (Lipinski definition) is 1. The van der Waals surface area contributed by atoms with Gasteiger partial charge in [-0.05, 0) is 25.7 Å². The molecule has 0 aromatic heterocycles. The fourth-order valence-electron chi connectivity index (χ4n) is 1.87.